The van der Waals surface area contributed by atoms with Crippen LogP contribution in [0.3, 0.4) is 0 Å². The van der Waals surface area contributed by atoms with Crippen molar-refractivity contribution in [2.24, 2.45) is 5.73 Å². The summed E-state index contributed by atoms with van der Waals surface area (Å²) in [5.74, 6) is 2.33. The molecule has 1 atom stereocenters. The highest BCUT2D eigenvalue weighted by molar-refractivity contribution is 6.41. The zero-order chi connectivity index (χ0) is 7.28. The predicted octanol–water partition coefficient (Wildman–Crippen LogP) is -1.19. The first-order chi connectivity index (χ1) is 4.16. The van der Waals surface area contributed by atoms with Gasteiger partial charge in [0.15, 0.2) is 0 Å². The molecule has 0 amide bonds. The highest BCUT2D eigenvalue weighted by Gasteiger charge is 2.11. The zero-order valence-corrected chi connectivity index (χ0v) is 5.12. The van der Waals surface area contributed by atoms with E-state index in [1.54, 1.807) is 0 Å². The minimum absolute atomic E-state index is 0.143. The molecule has 0 rings (SSSR count). The Hall–Kier alpha value is -0.495. The third kappa shape index (κ3) is 5.37. The standard InChI is InChI=1S/C5H10BNO2/c1-2-3-5(7)4-6(8)9/h1,5,8-9H,3-4,7H2/t5-/m0/s1. The topological polar surface area (TPSA) is 66.5 Å². The summed E-state index contributed by atoms with van der Waals surface area (Å²) in [7, 11) is -1.34. The highest BCUT2D eigenvalue weighted by Crippen LogP contribution is 1.94. The van der Waals surface area contributed by atoms with Gasteiger partial charge in [0.1, 0.15) is 0 Å². The number of terminal acetylenes is 1. The maximum Gasteiger partial charge on any atom is 0.453 e. The van der Waals surface area contributed by atoms with E-state index < -0.39 is 7.12 Å². The Balaban J connectivity index is 3.29. The Morgan fingerprint density at radius 1 is 1.67 bits per heavy atom. The van der Waals surface area contributed by atoms with E-state index in [2.05, 4.69) is 5.92 Å². The minimum atomic E-state index is -1.34. The lowest BCUT2D eigenvalue weighted by molar-refractivity contribution is 0.398. The second-order valence-electron chi connectivity index (χ2n) is 1.88. The Morgan fingerprint density at radius 3 is 2.56 bits per heavy atom. The van der Waals surface area contributed by atoms with Gasteiger partial charge in [0.2, 0.25) is 0 Å². The Morgan fingerprint density at radius 2 is 2.22 bits per heavy atom. The van der Waals surface area contributed by atoms with Crippen LogP contribution in [0.1, 0.15) is 6.42 Å². The van der Waals surface area contributed by atoms with Crippen LogP contribution in [0, 0.1) is 12.3 Å². The molecule has 0 heterocycles. The summed E-state index contributed by atoms with van der Waals surface area (Å²) >= 11 is 0. The zero-order valence-electron chi connectivity index (χ0n) is 5.12. The lowest BCUT2D eigenvalue weighted by Crippen LogP contribution is -2.27. The molecule has 0 saturated carbocycles. The maximum atomic E-state index is 8.36. The van der Waals surface area contributed by atoms with Crippen LogP contribution in [0.25, 0.3) is 0 Å². The molecule has 9 heavy (non-hydrogen) atoms. The van der Waals surface area contributed by atoms with E-state index in [4.69, 9.17) is 22.2 Å². The van der Waals surface area contributed by atoms with Crippen LogP contribution in [0.5, 0.6) is 0 Å². The fourth-order valence-electron chi connectivity index (χ4n) is 0.505. The van der Waals surface area contributed by atoms with Gasteiger partial charge in [-0.1, -0.05) is 0 Å². The third-order valence-electron chi connectivity index (χ3n) is 0.894. The monoisotopic (exact) mass is 127 g/mol. The van der Waals surface area contributed by atoms with Gasteiger partial charge in [0.05, 0.1) is 0 Å². The van der Waals surface area contributed by atoms with E-state index in [-0.39, 0.29) is 12.4 Å². The predicted molar refractivity (Wildman–Crippen MR) is 36.4 cm³/mol. The van der Waals surface area contributed by atoms with Crippen LogP contribution in [-0.4, -0.2) is 23.2 Å². The van der Waals surface area contributed by atoms with Crippen molar-refractivity contribution in [2.75, 3.05) is 0 Å². The largest absolute Gasteiger partial charge is 0.453 e. The number of rotatable bonds is 3. The van der Waals surface area contributed by atoms with Gasteiger partial charge in [0, 0.05) is 12.5 Å². The second kappa shape index (κ2) is 4.39. The van der Waals surface area contributed by atoms with E-state index >= 15 is 0 Å². The second-order valence-corrected chi connectivity index (χ2v) is 1.88. The van der Waals surface area contributed by atoms with Crippen molar-refractivity contribution in [2.45, 2.75) is 18.8 Å². The van der Waals surface area contributed by atoms with Crippen LogP contribution in [-0.2, 0) is 0 Å². The molecule has 0 aliphatic carbocycles. The molecule has 0 spiro atoms. The first kappa shape index (κ1) is 8.50. The van der Waals surface area contributed by atoms with Crippen molar-refractivity contribution in [3.05, 3.63) is 0 Å². The van der Waals surface area contributed by atoms with Gasteiger partial charge in [0.25, 0.3) is 0 Å². The van der Waals surface area contributed by atoms with Crippen LogP contribution in [0.2, 0.25) is 6.32 Å². The molecule has 50 valence electrons. The molecular weight excluding hydrogens is 117 g/mol. The van der Waals surface area contributed by atoms with Gasteiger partial charge in [-0.2, -0.15) is 0 Å². The SMILES string of the molecule is C#CC[C@H](N)CB(O)O. The molecule has 0 radical (unpaired) electrons. The number of nitrogens with two attached hydrogens (primary N) is 1. The quantitative estimate of drug-likeness (QED) is 0.330. The van der Waals surface area contributed by atoms with Crippen LogP contribution in [0.15, 0.2) is 0 Å². The van der Waals surface area contributed by atoms with Gasteiger partial charge < -0.3 is 15.8 Å². The van der Waals surface area contributed by atoms with E-state index in [1.165, 1.54) is 0 Å². The lowest BCUT2D eigenvalue weighted by atomic mass is 9.81. The van der Waals surface area contributed by atoms with Crippen molar-refractivity contribution < 1.29 is 10.0 Å². The summed E-state index contributed by atoms with van der Waals surface area (Å²) in [6.07, 6.45) is 5.44. The van der Waals surface area contributed by atoms with E-state index in [1.807, 2.05) is 0 Å². The molecule has 0 aromatic rings. The molecule has 0 aromatic heterocycles. The first-order valence-corrected chi connectivity index (χ1v) is 2.72. The normalized spacial score (nSPS) is 12.2. The van der Waals surface area contributed by atoms with Crippen molar-refractivity contribution in [1.82, 2.24) is 0 Å². The Labute approximate surface area is 55.0 Å². The summed E-state index contributed by atoms with van der Waals surface area (Å²) in [6, 6.07) is -0.296. The third-order valence-corrected chi connectivity index (χ3v) is 0.894. The molecule has 4 N–H and O–H groups in total. The number of hydrogen-bond donors (Lipinski definition) is 3. The molecule has 0 aliphatic heterocycles. The van der Waals surface area contributed by atoms with Gasteiger partial charge in [-0.05, 0) is 6.32 Å². The Kier molecular flexibility index (Phi) is 4.15. The summed E-state index contributed by atoms with van der Waals surface area (Å²) < 4.78 is 0. The van der Waals surface area contributed by atoms with E-state index in [9.17, 15) is 0 Å². The fourth-order valence-corrected chi connectivity index (χ4v) is 0.505. The van der Waals surface area contributed by atoms with Crippen molar-refractivity contribution in [3.63, 3.8) is 0 Å². The average Bonchev–Trinajstić information content (AvgIpc) is 1.63. The molecule has 0 unspecified atom stereocenters. The fraction of sp³-hybridized carbons (Fsp3) is 0.600. The van der Waals surface area contributed by atoms with Crippen LogP contribution in [0.4, 0.5) is 0 Å². The maximum absolute atomic E-state index is 8.36. The van der Waals surface area contributed by atoms with Crippen molar-refractivity contribution in [1.29, 1.82) is 0 Å². The molecule has 3 nitrogen and oxygen atoms in total. The molecular formula is C5H10BNO2. The van der Waals surface area contributed by atoms with Gasteiger partial charge in [-0.15, -0.1) is 12.3 Å². The van der Waals surface area contributed by atoms with Gasteiger partial charge in [-0.3, -0.25) is 0 Å². The lowest BCUT2D eigenvalue weighted by Gasteiger charge is -2.04. The summed E-state index contributed by atoms with van der Waals surface area (Å²) in [6.45, 7) is 0. The molecule has 4 heteroatoms. The van der Waals surface area contributed by atoms with E-state index in [0.29, 0.717) is 6.42 Å². The molecule has 0 saturated heterocycles. The summed E-state index contributed by atoms with van der Waals surface area (Å²) in [4.78, 5) is 0. The smallest absolute Gasteiger partial charge is 0.427 e. The summed E-state index contributed by atoms with van der Waals surface area (Å²) in [5.41, 5.74) is 5.32. The van der Waals surface area contributed by atoms with Crippen LogP contribution < -0.4 is 5.73 Å². The molecule has 0 aromatic carbocycles. The van der Waals surface area contributed by atoms with Gasteiger partial charge >= 0.3 is 7.12 Å². The van der Waals surface area contributed by atoms with Gasteiger partial charge in [-0.25, -0.2) is 0 Å². The molecule has 0 fully saturated rings. The minimum Gasteiger partial charge on any atom is -0.427 e. The Bertz CT molecular complexity index is 110. The van der Waals surface area contributed by atoms with Crippen molar-refractivity contribution >= 4 is 7.12 Å². The van der Waals surface area contributed by atoms with E-state index in [0.717, 1.165) is 0 Å². The summed E-state index contributed by atoms with van der Waals surface area (Å²) in [5, 5.41) is 16.7. The highest BCUT2D eigenvalue weighted by atomic mass is 16.4. The molecule has 0 aliphatic rings. The first-order valence-electron chi connectivity index (χ1n) is 2.72. The van der Waals surface area contributed by atoms with Crippen LogP contribution >= 0.6 is 0 Å². The average molecular weight is 127 g/mol. The van der Waals surface area contributed by atoms with Crippen molar-refractivity contribution in [3.8, 4) is 12.3 Å². The molecule has 0 bridgehead atoms. The number of hydrogen-bond acceptors (Lipinski definition) is 3.